The summed E-state index contributed by atoms with van der Waals surface area (Å²) in [6, 6.07) is 0. The maximum Gasteiger partial charge on any atom is 0.162 e. The molecule has 2 nitrogen and oxygen atoms in total. The van der Waals surface area contributed by atoms with Gasteiger partial charge in [-0.1, -0.05) is 47.5 Å². The van der Waals surface area contributed by atoms with Crippen molar-refractivity contribution in [3.63, 3.8) is 0 Å². The Hall–Kier alpha value is -0.0800. The topological polar surface area (TPSA) is 18.5 Å². The van der Waals surface area contributed by atoms with Crippen LogP contribution in [0.2, 0.25) is 0 Å². The highest BCUT2D eigenvalue weighted by Crippen LogP contribution is 2.23. The van der Waals surface area contributed by atoms with E-state index in [1.807, 2.05) is 0 Å². The van der Waals surface area contributed by atoms with E-state index in [0.29, 0.717) is 0 Å². The van der Waals surface area contributed by atoms with Crippen LogP contribution in [0.1, 0.15) is 60.3 Å². The summed E-state index contributed by atoms with van der Waals surface area (Å²) in [4.78, 5) is 0. The third-order valence-electron chi connectivity index (χ3n) is 2.24. The first-order chi connectivity index (χ1) is 7.02. The molecule has 2 heteroatoms. The molecular formula is C13H28O2. The second kappa shape index (κ2) is 8.12. The molecule has 0 rings (SSSR count). The maximum absolute atomic E-state index is 5.77. The summed E-state index contributed by atoms with van der Waals surface area (Å²) >= 11 is 0. The molecule has 0 saturated heterocycles. The normalized spacial score (nSPS) is 12.4. The minimum Gasteiger partial charge on any atom is -0.352 e. The highest BCUT2D eigenvalue weighted by atomic mass is 16.7. The molecule has 0 aromatic heterocycles. The van der Waals surface area contributed by atoms with Gasteiger partial charge in [0.2, 0.25) is 0 Å². The molecule has 0 unspecified atom stereocenters. The largest absolute Gasteiger partial charge is 0.352 e. The van der Waals surface area contributed by atoms with E-state index >= 15 is 0 Å². The molecule has 0 saturated carbocycles. The Morgan fingerprint density at radius 3 is 1.53 bits per heavy atom. The molecule has 0 aliphatic heterocycles. The summed E-state index contributed by atoms with van der Waals surface area (Å²) in [5.74, 6) is 0. The van der Waals surface area contributed by atoms with E-state index in [0.717, 1.165) is 26.1 Å². The number of unbranched alkanes of at least 4 members (excludes halogenated alkanes) is 2. The van der Waals surface area contributed by atoms with Gasteiger partial charge in [0.05, 0.1) is 0 Å². The predicted molar refractivity (Wildman–Crippen MR) is 65.0 cm³/mol. The van der Waals surface area contributed by atoms with E-state index in [1.165, 1.54) is 12.8 Å². The molecule has 0 radical (unpaired) electrons. The van der Waals surface area contributed by atoms with Crippen LogP contribution in [0.25, 0.3) is 0 Å². The Kier molecular flexibility index (Phi) is 8.07. The monoisotopic (exact) mass is 216 g/mol. The van der Waals surface area contributed by atoms with Gasteiger partial charge in [-0.3, -0.25) is 0 Å². The molecule has 0 aromatic rings. The lowest BCUT2D eigenvalue weighted by Gasteiger charge is -2.30. The zero-order chi connectivity index (χ0) is 11.7. The van der Waals surface area contributed by atoms with Crippen molar-refractivity contribution in [3.05, 3.63) is 0 Å². The van der Waals surface area contributed by atoms with Crippen LogP contribution in [-0.2, 0) is 9.47 Å². The Morgan fingerprint density at radius 2 is 1.27 bits per heavy atom. The number of hydrogen-bond acceptors (Lipinski definition) is 2. The smallest absolute Gasteiger partial charge is 0.162 e. The third kappa shape index (κ3) is 7.80. The van der Waals surface area contributed by atoms with E-state index < -0.39 is 0 Å². The summed E-state index contributed by atoms with van der Waals surface area (Å²) in [5.41, 5.74) is 0.0709. The van der Waals surface area contributed by atoms with Gasteiger partial charge in [-0.05, 0) is 12.8 Å². The molecular weight excluding hydrogens is 188 g/mol. The Labute approximate surface area is 95.3 Å². The third-order valence-corrected chi connectivity index (χ3v) is 2.24. The predicted octanol–water partition coefficient (Wildman–Crippen LogP) is 3.99. The van der Waals surface area contributed by atoms with Crippen LogP contribution < -0.4 is 0 Å². The summed E-state index contributed by atoms with van der Waals surface area (Å²) in [6.45, 7) is 12.5. The van der Waals surface area contributed by atoms with Gasteiger partial charge in [-0.2, -0.15) is 0 Å². The Bertz CT molecular complexity index is 128. The zero-order valence-electron chi connectivity index (χ0n) is 11.1. The molecule has 0 aliphatic carbocycles. The van der Waals surface area contributed by atoms with Crippen molar-refractivity contribution in [2.24, 2.45) is 5.41 Å². The minimum absolute atomic E-state index is 0.0596. The molecule has 0 spiro atoms. The molecule has 0 atom stereocenters. The van der Waals surface area contributed by atoms with Gasteiger partial charge in [-0.25, -0.2) is 0 Å². The van der Waals surface area contributed by atoms with E-state index in [-0.39, 0.29) is 11.7 Å². The van der Waals surface area contributed by atoms with Gasteiger partial charge in [0.25, 0.3) is 0 Å². The van der Waals surface area contributed by atoms with E-state index in [9.17, 15) is 0 Å². The average Bonchev–Trinajstić information content (AvgIpc) is 2.14. The lowest BCUT2D eigenvalue weighted by molar-refractivity contribution is -0.195. The first-order valence-electron chi connectivity index (χ1n) is 6.25. The molecule has 0 fully saturated rings. The van der Waals surface area contributed by atoms with Crippen LogP contribution in [-0.4, -0.2) is 19.5 Å². The van der Waals surface area contributed by atoms with Crippen LogP contribution in [0, 0.1) is 5.41 Å². The standard InChI is InChI=1S/C13H28O2/c1-6-8-10-14-12(13(3,4)5)15-11-9-7-2/h12H,6-11H2,1-5H3. The van der Waals surface area contributed by atoms with Crippen molar-refractivity contribution >= 4 is 0 Å². The van der Waals surface area contributed by atoms with Crippen molar-refractivity contribution in [3.8, 4) is 0 Å². The SMILES string of the molecule is CCCCOC(OCCCC)C(C)(C)C. The fourth-order valence-corrected chi connectivity index (χ4v) is 1.22. The zero-order valence-corrected chi connectivity index (χ0v) is 11.1. The highest BCUT2D eigenvalue weighted by molar-refractivity contribution is 4.66. The quantitative estimate of drug-likeness (QED) is 0.451. The number of rotatable bonds is 8. The second-order valence-electron chi connectivity index (χ2n) is 5.15. The van der Waals surface area contributed by atoms with Crippen LogP contribution in [0.4, 0.5) is 0 Å². The molecule has 0 aromatic carbocycles. The van der Waals surface area contributed by atoms with Crippen LogP contribution in [0.3, 0.4) is 0 Å². The fraction of sp³-hybridized carbons (Fsp3) is 1.00. The van der Waals surface area contributed by atoms with Crippen molar-refractivity contribution in [2.75, 3.05) is 13.2 Å². The van der Waals surface area contributed by atoms with Crippen LogP contribution in [0.15, 0.2) is 0 Å². The van der Waals surface area contributed by atoms with Gasteiger partial charge in [0, 0.05) is 18.6 Å². The summed E-state index contributed by atoms with van der Waals surface area (Å²) in [5, 5.41) is 0. The molecule has 92 valence electrons. The van der Waals surface area contributed by atoms with Crippen molar-refractivity contribution in [1.82, 2.24) is 0 Å². The summed E-state index contributed by atoms with van der Waals surface area (Å²) in [6.07, 6.45) is 4.51. The van der Waals surface area contributed by atoms with E-state index in [1.54, 1.807) is 0 Å². The second-order valence-corrected chi connectivity index (χ2v) is 5.15. The highest BCUT2D eigenvalue weighted by Gasteiger charge is 2.25. The average molecular weight is 216 g/mol. The first kappa shape index (κ1) is 14.9. The molecule has 0 N–H and O–H groups in total. The van der Waals surface area contributed by atoms with Crippen LogP contribution in [0.5, 0.6) is 0 Å². The summed E-state index contributed by atoms with van der Waals surface area (Å²) < 4.78 is 11.5. The minimum atomic E-state index is -0.0596. The molecule has 0 heterocycles. The molecule has 0 amide bonds. The van der Waals surface area contributed by atoms with Crippen molar-refractivity contribution < 1.29 is 9.47 Å². The van der Waals surface area contributed by atoms with Gasteiger partial charge in [-0.15, -0.1) is 0 Å². The van der Waals surface area contributed by atoms with E-state index in [2.05, 4.69) is 34.6 Å². The van der Waals surface area contributed by atoms with Crippen molar-refractivity contribution in [2.45, 2.75) is 66.6 Å². The molecule has 0 bridgehead atoms. The Balaban J connectivity index is 3.85. The van der Waals surface area contributed by atoms with Gasteiger partial charge < -0.3 is 9.47 Å². The number of hydrogen-bond donors (Lipinski definition) is 0. The van der Waals surface area contributed by atoms with Gasteiger partial charge in [0.15, 0.2) is 6.29 Å². The fourth-order valence-electron chi connectivity index (χ4n) is 1.22. The number of ether oxygens (including phenoxy) is 2. The maximum atomic E-state index is 5.77. The molecule has 0 aliphatic rings. The lowest BCUT2D eigenvalue weighted by Crippen LogP contribution is -2.32. The Morgan fingerprint density at radius 1 is 0.867 bits per heavy atom. The first-order valence-corrected chi connectivity index (χ1v) is 6.25. The van der Waals surface area contributed by atoms with Gasteiger partial charge >= 0.3 is 0 Å². The van der Waals surface area contributed by atoms with Crippen molar-refractivity contribution in [1.29, 1.82) is 0 Å². The lowest BCUT2D eigenvalue weighted by atomic mass is 9.96. The van der Waals surface area contributed by atoms with Gasteiger partial charge in [0.1, 0.15) is 0 Å². The molecule has 15 heavy (non-hydrogen) atoms. The van der Waals surface area contributed by atoms with E-state index in [4.69, 9.17) is 9.47 Å². The summed E-state index contributed by atoms with van der Waals surface area (Å²) in [7, 11) is 0. The van der Waals surface area contributed by atoms with Crippen LogP contribution >= 0.6 is 0 Å².